The monoisotopic (exact) mass is 395 g/mol. The molecule has 0 spiro atoms. The summed E-state index contributed by atoms with van der Waals surface area (Å²) in [4.78, 5) is 17.8. The van der Waals surface area contributed by atoms with Crippen LogP contribution in [0.25, 0.3) is 6.08 Å². The summed E-state index contributed by atoms with van der Waals surface area (Å²) in [6, 6.07) is 9.45. The van der Waals surface area contributed by atoms with E-state index in [1.165, 1.54) is 12.1 Å². The maximum Gasteiger partial charge on any atom is 0.417 e. The van der Waals surface area contributed by atoms with Crippen LogP contribution in [0.5, 0.6) is 0 Å². The molecule has 27 heavy (non-hydrogen) atoms. The van der Waals surface area contributed by atoms with E-state index in [0.29, 0.717) is 30.4 Å². The van der Waals surface area contributed by atoms with Gasteiger partial charge in [0.15, 0.2) is 0 Å². The van der Waals surface area contributed by atoms with Gasteiger partial charge >= 0.3 is 6.18 Å². The zero-order valence-corrected chi connectivity index (χ0v) is 15.0. The Balaban J connectivity index is 1.55. The van der Waals surface area contributed by atoms with E-state index in [0.717, 1.165) is 17.8 Å². The van der Waals surface area contributed by atoms with Crippen LogP contribution < -0.4 is 10.2 Å². The van der Waals surface area contributed by atoms with Crippen LogP contribution in [0.15, 0.2) is 48.7 Å². The molecule has 0 saturated carbocycles. The van der Waals surface area contributed by atoms with E-state index in [2.05, 4.69) is 10.3 Å². The summed E-state index contributed by atoms with van der Waals surface area (Å²) < 4.78 is 37.8. The SMILES string of the molecule is O=C(C=Cc1ccccc1Cl)NC1CCN(c2ccc(C(F)(F)F)cn2)C1. The highest BCUT2D eigenvalue weighted by molar-refractivity contribution is 6.32. The molecule has 3 rings (SSSR count). The van der Waals surface area contributed by atoms with Gasteiger partial charge in [-0.2, -0.15) is 13.2 Å². The smallest absolute Gasteiger partial charge is 0.354 e. The topological polar surface area (TPSA) is 45.2 Å². The van der Waals surface area contributed by atoms with E-state index in [4.69, 9.17) is 11.6 Å². The molecule has 4 nitrogen and oxygen atoms in total. The molecular weight excluding hydrogens is 379 g/mol. The van der Waals surface area contributed by atoms with Crippen molar-refractivity contribution >= 4 is 29.4 Å². The molecule has 142 valence electrons. The molecule has 2 heterocycles. The van der Waals surface area contributed by atoms with Gasteiger partial charge in [0.1, 0.15) is 5.82 Å². The Hall–Kier alpha value is -2.54. The predicted molar refractivity (Wildman–Crippen MR) is 98.5 cm³/mol. The third kappa shape index (κ3) is 5.01. The van der Waals surface area contributed by atoms with Crippen LogP contribution in [0.3, 0.4) is 0 Å². The lowest BCUT2D eigenvalue weighted by Gasteiger charge is -2.18. The van der Waals surface area contributed by atoms with Crippen LogP contribution in [-0.4, -0.2) is 30.0 Å². The Bertz CT molecular complexity index is 837. The van der Waals surface area contributed by atoms with Crippen molar-refractivity contribution in [2.45, 2.75) is 18.6 Å². The number of alkyl halides is 3. The van der Waals surface area contributed by atoms with Crippen molar-refractivity contribution in [3.63, 3.8) is 0 Å². The van der Waals surface area contributed by atoms with Crippen molar-refractivity contribution in [1.82, 2.24) is 10.3 Å². The second-order valence-electron chi connectivity index (χ2n) is 6.20. The molecule has 0 radical (unpaired) electrons. The number of anilines is 1. The van der Waals surface area contributed by atoms with Crippen molar-refractivity contribution in [2.24, 2.45) is 0 Å². The van der Waals surface area contributed by atoms with Gasteiger partial charge in [-0.25, -0.2) is 4.98 Å². The fourth-order valence-corrected chi connectivity index (χ4v) is 3.05. The normalized spacial score (nSPS) is 17.5. The fourth-order valence-electron chi connectivity index (χ4n) is 2.85. The first-order valence-corrected chi connectivity index (χ1v) is 8.72. The molecule has 1 aliphatic rings. The lowest BCUT2D eigenvalue weighted by Crippen LogP contribution is -2.36. The molecule has 1 amide bonds. The predicted octanol–water partition coefficient (Wildman–Crippen LogP) is 4.16. The van der Waals surface area contributed by atoms with E-state index >= 15 is 0 Å². The van der Waals surface area contributed by atoms with Crippen LogP contribution >= 0.6 is 11.6 Å². The zero-order valence-electron chi connectivity index (χ0n) is 14.2. The largest absolute Gasteiger partial charge is 0.417 e. The third-order valence-corrected chi connectivity index (χ3v) is 4.60. The average Bonchev–Trinajstić information content (AvgIpc) is 3.09. The van der Waals surface area contributed by atoms with Gasteiger partial charge in [0.05, 0.1) is 5.56 Å². The molecule has 1 N–H and O–H groups in total. The molecule has 8 heteroatoms. The maximum absolute atomic E-state index is 12.6. The molecule has 0 bridgehead atoms. The third-order valence-electron chi connectivity index (χ3n) is 4.25. The number of carbonyl (C=O) groups is 1. The molecule has 1 atom stereocenters. The summed E-state index contributed by atoms with van der Waals surface area (Å²) in [5.41, 5.74) is -0.0312. The highest BCUT2D eigenvalue weighted by atomic mass is 35.5. The van der Waals surface area contributed by atoms with Crippen molar-refractivity contribution in [1.29, 1.82) is 0 Å². The van der Waals surface area contributed by atoms with Gasteiger partial charge in [-0.15, -0.1) is 0 Å². The summed E-state index contributed by atoms with van der Waals surface area (Å²) in [5, 5.41) is 3.44. The van der Waals surface area contributed by atoms with E-state index in [1.54, 1.807) is 18.2 Å². The van der Waals surface area contributed by atoms with E-state index < -0.39 is 11.7 Å². The van der Waals surface area contributed by atoms with Gasteiger partial charge in [0.2, 0.25) is 5.91 Å². The molecule has 1 aromatic heterocycles. The van der Waals surface area contributed by atoms with Crippen LogP contribution in [0.2, 0.25) is 5.02 Å². The standard InChI is InChI=1S/C19H17ClF3N3O/c20-16-4-2-1-3-13(16)5-8-18(27)25-15-9-10-26(12-15)17-7-6-14(11-24-17)19(21,22)23/h1-8,11,15H,9-10,12H2,(H,25,27). The number of hydrogen-bond donors (Lipinski definition) is 1. The number of benzene rings is 1. The minimum atomic E-state index is -4.40. The van der Waals surface area contributed by atoms with Gasteiger partial charge < -0.3 is 10.2 Å². The summed E-state index contributed by atoms with van der Waals surface area (Å²) in [5.74, 6) is 0.216. The van der Waals surface area contributed by atoms with Crippen molar-refractivity contribution in [2.75, 3.05) is 18.0 Å². The Morgan fingerprint density at radius 1 is 1.26 bits per heavy atom. The number of pyridine rings is 1. The molecule has 1 aliphatic heterocycles. The van der Waals surface area contributed by atoms with Crippen LogP contribution in [-0.2, 0) is 11.0 Å². The summed E-state index contributed by atoms with van der Waals surface area (Å²) in [6.45, 7) is 1.10. The van der Waals surface area contributed by atoms with Gasteiger partial charge in [0, 0.05) is 36.4 Å². The van der Waals surface area contributed by atoms with E-state index in [9.17, 15) is 18.0 Å². The van der Waals surface area contributed by atoms with Crippen molar-refractivity contribution in [3.05, 3.63) is 64.8 Å². The first kappa shape index (κ1) is 19.2. The van der Waals surface area contributed by atoms with E-state index in [1.807, 2.05) is 17.0 Å². The molecule has 1 unspecified atom stereocenters. The number of nitrogens with one attached hydrogen (secondary N) is 1. The van der Waals surface area contributed by atoms with Crippen molar-refractivity contribution < 1.29 is 18.0 Å². The van der Waals surface area contributed by atoms with Crippen LogP contribution in [0, 0.1) is 0 Å². The molecule has 0 aliphatic carbocycles. The van der Waals surface area contributed by atoms with Gasteiger partial charge in [-0.05, 0) is 36.3 Å². The van der Waals surface area contributed by atoms with Crippen LogP contribution in [0.4, 0.5) is 19.0 Å². The Morgan fingerprint density at radius 2 is 2.04 bits per heavy atom. The zero-order chi connectivity index (χ0) is 19.4. The minimum Gasteiger partial charge on any atom is -0.354 e. The van der Waals surface area contributed by atoms with Gasteiger partial charge in [-0.1, -0.05) is 29.8 Å². The number of rotatable bonds is 4. The van der Waals surface area contributed by atoms with Gasteiger partial charge in [-0.3, -0.25) is 4.79 Å². The number of halogens is 4. The minimum absolute atomic E-state index is 0.0995. The number of aromatic nitrogens is 1. The molecular formula is C19H17ClF3N3O. The first-order valence-electron chi connectivity index (χ1n) is 8.34. The molecule has 2 aromatic rings. The molecule has 1 saturated heterocycles. The lowest BCUT2D eigenvalue weighted by atomic mass is 10.2. The van der Waals surface area contributed by atoms with E-state index in [-0.39, 0.29) is 11.9 Å². The Labute approximate surface area is 159 Å². The number of carbonyl (C=O) groups excluding carboxylic acids is 1. The average molecular weight is 396 g/mol. The summed E-state index contributed by atoms with van der Waals surface area (Å²) in [7, 11) is 0. The van der Waals surface area contributed by atoms with Crippen LogP contribution in [0.1, 0.15) is 17.5 Å². The highest BCUT2D eigenvalue weighted by Gasteiger charge is 2.31. The number of hydrogen-bond acceptors (Lipinski definition) is 3. The first-order chi connectivity index (χ1) is 12.8. The summed E-state index contributed by atoms with van der Waals surface area (Å²) in [6.07, 6.45) is 0.172. The highest BCUT2D eigenvalue weighted by Crippen LogP contribution is 2.29. The fraction of sp³-hybridized carbons (Fsp3) is 0.263. The second kappa shape index (κ2) is 8.00. The summed E-state index contributed by atoms with van der Waals surface area (Å²) >= 11 is 6.04. The second-order valence-corrected chi connectivity index (χ2v) is 6.61. The number of nitrogens with zero attached hydrogens (tertiary/aromatic N) is 2. The Kier molecular flexibility index (Phi) is 5.70. The van der Waals surface area contributed by atoms with Crippen molar-refractivity contribution in [3.8, 4) is 0 Å². The quantitative estimate of drug-likeness (QED) is 0.790. The molecule has 1 fully saturated rings. The Morgan fingerprint density at radius 3 is 2.70 bits per heavy atom. The maximum atomic E-state index is 12.6. The lowest BCUT2D eigenvalue weighted by molar-refractivity contribution is -0.137. The number of amides is 1. The molecule has 1 aromatic carbocycles. The van der Waals surface area contributed by atoms with Gasteiger partial charge in [0.25, 0.3) is 0 Å².